The largest absolute Gasteiger partial charge is 0.243 e. The van der Waals surface area contributed by atoms with Crippen molar-refractivity contribution in [3.8, 4) is 0 Å². The van der Waals surface area contributed by atoms with E-state index in [4.69, 9.17) is 0 Å². The maximum Gasteiger partial charge on any atom is 0.0113 e. The first-order valence-electron chi connectivity index (χ1n) is 7.21. The average molecular weight is 259 g/mol. The molecule has 0 spiro atoms. The summed E-state index contributed by atoms with van der Waals surface area (Å²) < 4.78 is 0. The Morgan fingerprint density at radius 3 is 1.11 bits per heavy atom. The lowest BCUT2D eigenvalue weighted by Gasteiger charge is -2.12. The molecule has 1 aliphatic rings. The molecule has 18 heavy (non-hydrogen) atoms. The predicted octanol–water partition coefficient (Wildman–Crippen LogP) is 0.128. The van der Waals surface area contributed by atoms with Crippen molar-refractivity contribution < 1.29 is 0 Å². The molecule has 7 nitrogen and oxygen atoms in total. The topological polar surface area (TPSA) is 84.2 Å². The van der Waals surface area contributed by atoms with Crippen molar-refractivity contribution in [1.82, 2.24) is 38.5 Å². The second-order valence-electron chi connectivity index (χ2n) is 4.66. The molecular formula is C11H29N7. The molecule has 0 aromatic rings. The van der Waals surface area contributed by atoms with Crippen LogP contribution in [-0.2, 0) is 0 Å². The van der Waals surface area contributed by atoms with E-state index in [0.717, 1.165) is 13.1 Å². The third-order valence-electron chi connectivity index (χ3n) is 3.03. The lowest BCUT2D eigenvalue weighted by Crippen LogP contribution is -2.61. The molecule has 0 aromatic heterocycles. The Morgan fingerprint density at radius 2 is 0.667 bits per heavy atom. The van der Waals surface area contributed by atoms with Gasteiger partial charge in [0.1, 0.15) is 0 Å². The molecule has 1 rings (SSSR count). The second kappa shape index (κ2) is 13.2. The summed E-state index contributed by atoms with van der Waals surface area (Å²) in [6.45, 7) is 1.95. The molecule has 0 radical (unpaired) electrons. The van der Waals surface area contributed by atoms with Gasteiger partial charge < -0.3 is 0 Å². The first-order chi connectivity index (χ1) is 9.00. The fourth-order valence-electron chi connectivity index (χ4n) is 1.97. The Hall–Kier alpha value is -0.280. The van der Waals surface area contributed by atoms with E-state index >= 15 is 0 Å². The number of hydrazine groups is 6. The molecule has 1 fully saturated rings. The molecular weight excluding hydrogens is 230 g/mol. The highest BCUT2D eigenvalue weighted by molar-refractivity contribution is 4.49. The van der Waals surface area contributed by atoms with Crippen LogP contribution in [0.1, 0.15) is 57.8 Å². The Labute approximate surface area is 110 Å². The second-order valence-corrected chi connectivity index (χ2v) is 4.66. The first kappa shape index (κ1) is 15.8. The Balaban J connectivity index is 2.00. The fraction of sp³-hybridized carbons (Fsp3) is 1.00. The monoisotopic (exact) mass is 259 g/mol. The summed E-state index contributed by atoms with van der Waals surface area (Å²) in [7, 11) is 0. The summed E-state index contributed by atoms with van der Waals surface area (Å²) in [6.07, 6.45) is 11.9. The van der Waals surface area contributed by atoms with Crippen molar-refractivity contribution >= 4 is 0 Å². The van der Waals surface area contributed by atoms with Gasteiger partial charge in [-0.25, -0.2) is 10.9 Å². The Kier molecular flexibility index (Phi) is 11.5. The molecule has 7 heteroatoms. The minimum atomic E-state index is 0.973. The number of hydrogen-bond donors (Lipinski definition) is 7. The van der Waals surface area contributed by atoms with Crippen LogP contribution in [0.4, 0.5) is 0 Å². The van der Waals surface area contributed by atoms with E-state index < -0.39 is 0 Å². The predicted molar refractivity (Wildman–Crippen MR) is 73.2 cm³/mol. The van der Waals surface area contributed by atoms with Gasteiger partial charge in [0.2, 0.25) is 0 Å². The summed E-state index contributed by atoms with van der Waals surface area (Å²) in [5.74, 6) is 0. The molecule has 0 aliphatic carbocycles. The minimum absolute atomic E-state index is 0.973. The Morgan fingerprint density at radius 1 is 0.333 bits per heavy atom. The number of rotatable bonds is 0. The van der Waals surface area contributed by atoms with Crippen LogP contribution in [0.25, 0.3) is 0 Å². The highest BCUT2D eigenvalue weighted by atomic mass is 15.9. The van der Waals surface area contributed by atoms with E-state index in [0.29, 0.717) is 0 Å². The molecule has 7 N–H and O–H groups in total. The van der Waals surface area contributed by atoms with Gasteiger partial charge in [0, 0.05) is 13.1 Å². The molecule has 0 saturated carbocycles. The molecule has 0 unspecified atom stereocenters. The van der Waals surface area contributed by atoms with Crippen molar-refractivity contribution in [1.29, 1.82) is 0 Å². The normalized spacial score (nSPS) is 24.0. The van der Waals surface area contributed by atoms with Crippen molar-refractivity contribution in [3.05, 3.63) is 0 Å². The van der Waals surface area contributed by atoms with Crippen LogP contribution in [0.15, 0.2) is 0 Å². The van der Waals surface area contributed by atoms with E-state index in [1.165, 1.54) is 57.8 Å². The zero-order chi connectivity index (χ0) is 12.7. The van der Waals surface area contributed by atoms with Crippen LogP contribution in [0, 0.1) is 0 Å². The van der Waals surface area contributed by atoms with Crippen LogP contribution < -0.4 is 38.5 Å². The SMILES string of the molecule is C1CCCCCNNNNNNNCCCCC1. The average Bonchev–Trinajstić information content (AvgIpc) is 2.39. The summed E-state index contributed by atoms with van der Waals surface area (Å²) in [5.41, 5.74) is 20.1. The zero-order valence-electron chi connectivity index (χ0n) is 11.3. The summed E-state index contributed by atoms with van der Waals surface area (Å²) in [4.78, 5) is 0. The maximum atomic E-state index is 3.08. The molecule has 1 aliphatic heterocycles. The van der Waals surface area contributed by atoms with Gasteiger partial charge in [-0.15, -0.1) is 0 Å². The quantitative estimate of drug-likeness (QED) is 0.333. The summed E-state index contributed by atoms with van der Waals surface area (Å²) >= 11 is 0. The van der Waals surface area contributed by atoms with Gasteiger partial charge in [0.15, 0.2) is 0 Å². The van der Waals surface area contributed by atoms with Gasteiger partial charge in [-0.3, -0.25) is 0 Å². The number of nitrogens with one attached hydrogen (secondary N) is 7. The summed E-state index contributed by atoms with van der Waals surface area (Å²) in [5, 5.41) is 0. The van der Waals surface area contributed by atoms with Crippen molar-refractivity contribution in [2.45, 2.75) is 57.8 Å². The van der Waals surface area contributed by atoms with Gasteiger partial charge in [-0.05, 0) is 12.8 Å². The van der Waals surface area contributed by atoms with Gasteiger partial charge in [-0.1, -0.05) is 44.9 Å². The van der Waals surface area contributed by atoms with E-state index in [9.17, 15) is 0 Å². The smallest absolute Gasteiger partial charge is 0.0113 e. The fourth-order valence-corrected chi connectivity index (χ4v) is 1.97. The van der Waals surface area contributed by atoms with Crippen molar-refractivity contribution in [3.63, 3.8) is 0 Å². The molecule has 0 atom stereocenters. The van der Waals surface area contributed by atoms with Crippen LogP contribution >= 0.6 is 0 Å². The Bertz CT molecular complexity index is 92.4. The summed E-state index contributed by atoms with van der Waals surface area (Å²) in [6, 6.07) is 0. The molecule has 108 valence electrons. The lowest BCUT2D eigenvalue weighted by molar-refractivity contribution is 0.270. The van der Waals surface area contributed by atoms with Crippen LogP contribution in [0.3, 0.4) is 0 Å². The van der Waals surface area contributed by atoms with Crippen LogP contribution in [-0.4, -0.2) is 13.1 Å². The lowest BCUT2D eigenvalue weighted by atomic mass is 10.1. The first-order valence-corrected chi connectivity index (χ1v) is 7.21. The minimum Gasteiger partial charge on any atom is -0.243 e. The number of hydrogen-bond acceptors (Lipinski definition) is 7. The maximum absolute atomic E-state index is 3.08. The van der Waals surface area contributed by atoms with Crippen molar-refractivity contribution in [2.75, 3.05) is 13.1 Å². The van der Waals surface area contributed by atoms with Gasteiger partial charge >= 0.3 is 0 Å². The molecule has 0 aromatic carbocycles. The van der Waals surface area contributed by atoms with Crippen LogP contribution in [0.5, 0.6) is 0 Å². The van der Waals surface area contributed by atoms with E-state index in [-0.39, 0.29) is 0 Å². The standard InChI is InChI=1S/C11H29N7/c1-2-4-6-8-10-12-14-16-18-17-15-13-11-9-7-5-3-1/h12-18H,1-11H2. The van der Waals surface area contributed by atoms with Crippen LogP contribution in [0.2, 0.25) is 0 Å². The third kappa shape index (κ3) is 10.8. The van der Waals surface area contributed by atoms with Gasteiger partial charge in [-0.2, -0.15) is 27.7 Å². The molecule has 1 heterocycles. The molecule has 0 bridgehead atoms. The van der Waals surface area contributed by atoms with E-state index in [2.05, 4.69) is 38.5 Å². The molecule has 0 amide bonds. The molecule has 1 saturated heterocycles. The van der Waals surface area contributed by atoms with Gasteiger partial charge in [0.05, 0.1) is 0 Å². The van der Waals surface area contributed by atoms with E-state index in [1.54, 1.807) is 0 Å². The van der Waals surface area contributed by atoms with Crippen molar-refractivity contribution in [2.24, 2.45) is 0 Å². The van der Waals surface area contributed by atoms with Gasteiger partial charge in [0.25, 0.3) is 0 Å². The zero-order valence-corrected chi connectivity index (χ0v) is 11.3. The highest BCUT2D eigenvalue weighted by Crippen LogP contribution is 2.09. The third-order valence-corrected chi connectivity index (χ3v) is 3.03. The highest BCUT2D eigenvalue weighted by Gasteiger charge is 1.94. The van der Waals surface area contributed by atoms with E-state index in [1.807, 2.05) is 0 Å².